The number of hydrogen-bond donors (Lipinski definition) is 2. The normalized spacial score (nSPS) is 12.2. The van der Waals surface area contributed by atoms with Crippen LogP contribution in [0.3, 0.4) is 0 Å². The monoisotopic (exact) mass is 319 g/mol. The van der Waals surface area contributed by atoms with Gasteiger partial charge >= 0.3 is 0 Å². The highest BCUT2D eigenvalue weighted by atomic mass is 79.9. The van der Waals surface area contributed by atoms with Crippen LogP contribution in [0.25, 0.3) is 0 Å². The summed E-state index contributed by atoms with van der Waals surface area (Å²) in [6, 6.07) is 4.16. The van der Waals surface area contributed by atoms with Crippen LogP contribution < -0.4 is 5.32 Å². The number of aliphatic hydroxyl groups excluding tert-OH is 1. The first-order valence-electron chi connectivity index (χ1n) is 5.45. The minimum absolute atomic E-state index is 0.225. The molecule has 2 N–H and O–H groups in total. The quantitative estimate of drug-likeness (QED) is 0.839. The van der Waals surface area contributed by atoms with E-state index in [0.29, 0.717) is 17.4 Å². The molecule has 0 heterocycles. The van der Waals surface area contributed by atoms with E-state index in [1.807, 2.05) is 0 Å². The van der Waals surface area contributed by atoms with E-state index in [4.69, 9.17) is 4.74 Å². The highest BCUT2D eigenvalue weighted by molar-refractivity contribution is 9.10. The largest absolute Gasteiger partial charge is 0.391 e. The summed E-state index contributed by atoms with van der Waals surface area (Å²) < 4.78 is 18.3. The molecule has 0 saturated carbocycles. The molecule has 0 aliphatic carbocycles. The summed E-state index contributed by atoms with van der Waals surface area (Å²) in [5, 5.41) is 12.0. The molecular weight excluding hydrogens is 305 g/mol. The minimum Gasteiger partial charge on any atom is -0.391 e. The summed E-state index contributed by atoms with van der Waals surface area (Å²) in [6.45, 7) is 0.532. The van der Waals surface area contributed by atoms with E-state index in [1.165, 1.54) is 19.2 Å². The SMILES string of the molecule is COCC(O)CCNC(=O)c1ccc(Br)c(F)c1. The van der Waals surface area contributed by atoms with Crippen LogP contribution in [-0.2, 0) is 4.74 Å². The maximum atomic E-state index is 13.2. The third-order valence-corrected chi connectivity index (χ3v) is 2.95. The fourth-order valence-corrected chi connectivity index (χ4v) is 1.61. The van der Waals surface area contributed by atoms with Crippen molar-refractivity contribution in [2.75, 3.05) is 20.3 Å². The van der Waals surface area contributed by atoms with Crippen molar-refractivity contribution in [2.45, 2.75) is 12.5 Å². The summed E-state index contributed by atoms with van der Waals surface area (Å²) in [7, 11) is 1.49. The highest BCUT2D eigenvalue weighted by Crippen LogP contribution is 2.16. The first-order valence-corrected chi connectivity index (χ1v) is 6.24. The lowest BCUT2D eigenvalue weighted by Crippen LogP contribution is -2.28. The van der Waals surface area contributed by atoms with Crippen LogP contribution in [0, 0.1) is 5.82 Å². The van der Waals surface area contributed by atoms with E-state index in [0.717, 1.165) is 6.07 Å². The Morgan fingerprint density at radius 2 is 2.33 bits per heavy atom. The van der Waals surface area contributed by atoms with Crippen molar-refractivity contribution in [2.24, 2.45) is 0 Å². The van der Waals surface area contributed by atoms with E-state index in [1.54, 1.807) is 0 Å². The molecular formula is C12H15BrFNO3. The first-order chi connectivity index (χ1) is 8.54. The zero-order valence-corrected chi connectivity index (χ0v) is 11.5. The summed E-state index contributed by atoms with van der Waals surface area (Å²) >= 11 is 3.01. The topological polar surface area (TPSA) is 58.6 Å². The van der Waals surface area contributed by atoms with Gasteiger partial charge in [0.1, 0.15) is 5.82 Å². The maximum absolute atomic E-state index is 13.2. The number of aliphatic hydroxyl groups is 1. The second-order valence-electron chi connectivity index (χ2n) is 3.78. The van der Waals surface area contributed by atoms with Crippen molar-refractivity contribution in [3.63, 3.8) is 0 Å². The smallest absolute Gasteiger partial charge is 0.251 e. The Balaban J connectivity index is 2.43. The van der Waals surface area contributed by atoms with Crippen molar-refractivity contribution in [1.29, 1.82) is 0 Å². The standard InChI is InChI=1S/C12H15BrFNO3/c1-18-7-9(16)4-5-15-12(17)8-2-3-10(13)11(14)6-8/h2-3,6,9,16H,4-5,7H2,1H3,(H,15,17). The molecule has 0 aliphatic rings. The summed E-state index contributed by atoms with van der Waals surface area (Å²) in [6.07, 6.45) is -0.226. The molecule has 0 bridgehead atoms. The Morgan fingerprint density at radius 1 is 1.61 bits per heavy atom. The minimum atomic E-state index is -0.614. The van der Waals surface area contributed by atoms with Crippen LogP contribution in [0.15, 0.2) is 22.7 Å². The molecule has 0 radical (unpaired) electrons. The third kappa shape index (κ3) is 4.72. The molecule has 6 heteroatoms. The lowest BCUT2D eigenvalue weighted by Gasteiger charge is -2.10. The van der Waals surface area contributed by atoms with E-state index in [-0.39, 0.29) is 18.1 Å². The van der Waals surface area contributed by atoms with Crippen molar-refractivity contribution >= 4 is 21.8 Å². The van der Waals surface area contributed by atoms with Gasteiger partial charge < -0.3 is 15.2 Å². The Kier molecular flexibility index (Phi) is 6.24. The zero-order chi connectivity index (χ0) is 13.5. The Morgan fingerprint density at radius 3 is 2.94 bits per heavy atom. The van der Waals surface area contributed by atoms with Gasteiger partial charge in [0.15, 0.2) is 0 Å². The predicted molar refractivity (Wildman–Crippen MR) is 68.9 cm³/mol. The number of amides is 1. The molecule has 0 fully saturated rings. The number of carbonyl (C=O) groups is 1. The van der Waals surface area contributed by atoms with Crippen molar-refractivity contribution in [3.8, 4) is 0 Å². The van der Waals surface area contributed by atoms with Gasteiger partial charge in [0.2, 0.25) is 0 Å². The van der Waals surface area contributed by atoms with Crippen LogP contribution >= 0.6 is 15.9 Å². The summed E-state index contributed by atoms with van der Waals surface area (Å²) in [5.41, 5.74) is 0.247. The molecule has 0 aromatic heterocycles. The molecule has 0 saturated heterocycles. The molecule has 100 valence electrons. The summed E-state index contributed by atoms with van der Waals surface area (Å²) in [4.78, 5) is 11.6. The van der Waals surface area contributed by atoms with Gasteiger partial charge in [0, 0.05) is 19.2 Å². The lowest BCUT2D eigenvalue weighted by atomic mass is 10.2. The fourth-order valence-electron chi connectivity index (χ4n) is 1.37. The van der Waals surface area contributed by atoms with E-state index < -0.39 is 11.9 Å². The molecule has 1 atom stereocenters. The average molecular weight is 320 g/mol. The van der Waals surface area contributed by atoms with Gasteiger partial charge in [-0.2, -0.15) is 0 Å². The summed E-state index contributed by atoms with van der Waals surface area (Å²) in [5.74, 6) is -0.854. The molecule has 0 spiro atoms. The lowest BCUT2D eigenvalue weighted by molar-refractivity contribution is 0.0587. The number of carbonyl (C=O) groups excluding carboxylic acids is 1. The van der Waals surface area contributed by atoms with Crippen molar-refractivity contribution in [1.82, 2.24) is 5.32 Å². The van der Waals surface area contributed by atoms with Gasteiger partial charge in [-0.15, -0.1) is 0 Å². The maximum Gasteiger partial charge on any atom is 0.251 e. The fraction of sp³-hybridized carbons (Fsp3) is 0.417. The molecule has 1 aromatic rings. The van der Waals surface area contributed by atoms with Gasteiger partial charge in [0.25, 0.3) is 5.91 Å². The molecule has 4 nitrogen and oxygen atoms in total. The van der Waals surface area contributed by atoms with Crippen LogP contribution in [0.4, 0.5) is 4.39 Å². The number of hydrogen-bond acceptors (Lipinski definition) is 3. The number of nitrogens with one attached hydrogen (secondary N) is 1. The number of halogens is 2. The van der Waals surface area contributed by atoms with Gasteiger partial charge in [-0.25, -0.2) is 4.39 Å². The van der Waals surface area contributed by atoms with Gasteiger partial charge in [0.05, 0.1) is 17.2 Å². The van der Waals surface area contributed by atoms with E-state index >= 15 is 0 Å². The molecule has 18 heavy (non-hydrogen) atoms. The number of rotatable bonds is 6. The van der Waals surface area contributed by atoms with E-state index in [2.05, 4.69) is 21.2 Å². The number of ether oxygens (including phenoxy) is 1. The van der Waals surface area contributed by atoms with Crippen LogP contribution in [0.5, 0.6) is 0 Å². The Labute approximate surface area is 113 Å². The molecule has 1 aromatic carbocycles. The molecule has 0 aliphatic heterocycles. The van der Waals surface area contributed by atoms with Gasteiger partial charge in [-0.05, 0) is 40.5 Å². The third-order valence-electron chi connectivity index (χ3n) is 2.30. The zero-order valence-electron chi connectivity index (χ0n) is 9.95. The average Bonchev–Trinajstić information content (AvgIpc) is 2.33. The molecule has 1 rings (SSSR count). The van der Waals surface area contributed by atoms with Gasteiger partial charge in [-0.1, -0.05) is 0 Å². The molecule has 1 amide bonds. The van der Waals surface area contributed by atoms with Crippen molar-refractivity contribution < 1.29 is 19.0 Å². The highest BCUT2D eigenvalue weighted by Gasteiger charge is 2.09. The number of benzene rings is 1. The van der Waals surface area contributed by atoms with Gasteiger partial charge in [-0.3, -0.25) is 4.79 Å². The van der Waals surface area contributed by atoms with Crippen LogP contribution in [0.2, 0.25) is 0 Å². The van der Waals surface area contributed by atoms with Crippen LogP contribution in [-0.4, -0.2) is 37.4 Å². The predicted octanol–water partition coefficient (Wildman–Crippen LogP) is 1.72. The second kappa shape index (κ2) is 7.45. The van der Waals surface area contributed by atoms with Crippen LogP contribution in [0.1, 0.15) is 16.8 Å². The first kappa shape index (κ1) is 15.1. The molecule has 1 unspecified atom stereocenters. The van der Waals surface area contributed by atoms with E-state index in [9.17, 15) is 14.3 Å². The second-order valence-corrected chi connectivity index (χ2v) is 4.64. The Hall–Kier alpha value is -0.980. The Bertz CT molecular complexity index is 414. The van der Waals surface area contributed by atoms with Crippen molar-refractivity contribution in [3.05, 3.63) is 34.1 Å². The number of methoxy groups -OCH3 is 1.